The third-order valence-electron chi connectivity index (χ3n) is 1.86. The highest BCUT2D eigenvalue weighted by Crippen LogP contribution is 2.26. The van der Waals surface area contributed by atoms with Crippen LogP contribution in [0.25, 0.3) is 6.08 Å². The fourth-order valence-electron chi connectivity index (χ4n) is 1.31. The lowest BCUT2D eigenvalue weighted by Gasteiger charge is -2.13. The molecule has 1 aromatic rings. The van der Waals surface area contributed by atoms with Crippen LogP contribution in [-0.2, 0) is 0 Å². The summed E-state index contributed by atoms with van der Waals surface area (Å²) in [5.41, 5.74) is 2.41. The van der Waals surface area contributed by atoms with E-state index in [0.717, 1.165) is 5.75 Å². The van der Waals surface area contributed by atoms with E-state index in [9.17, 15) is 0 Å². The number of para-hydroxylation sites is 1. The lowest BCUT2D eigenvalue weighted by Crippen LogP contribution is -2.01. The van der Waals surface area contributed by atoms with Gasteiger partial charge in [0.05, 0.1) is 0 Å². The van der Waals surface area contributed by atoms with Gasteiger partial charge in [0.2, 0.25) is 0 Å². The summed E-state index contributed by atoms with van der Waals surface area (Å²) in [6.07, 6.45) is 4.13. The Labute approximate surface area is 93.8 Å². The summed E-state index contributed by atoms with van der Waals surface area (Å²) in [7, 11) is 0. The minimum absolute atomic E-state index is 0.706. The molecule has 1 aliphatic rings. The summed E-state index contributed by atoms with van der Waals surface area (Å²) in [5, 5.41) is 0. The molecule has 1 aliphatic heterocycles. The van der Waals surface area contributed by atoms with E-state index in [0.29, 0.717) is 6.61 Å². The van der Waals surface area contributed by atoms with E-state index in [1.807, 2.05) is 39.8 Å². The Balaban J connectivity index is 0.000000442. The monoisotopic (exact) mass is 206 g/mol. The van der Waals surface area contributed by atoms with E-state index in [1.54, 1.807) is 0 Å². The summed E-state index contributed by atoms with van der Waals surface area (Å²) >= 11 is 0. The largest absolute Gasteiger partial charge is 0.489 e. The molecule has 0 spiro atoms. The van der Waals surface area contributed by atoms with Crippen LogP contribution in [0.3, 0.4) is 0 Å². The van der Waals surface area contributed by atoms with Gasteiger partial charge in [-0.25, -0.2) is 0 Å². The first kappa shape index (κ1) is 13.8. The molecule has 0 amide bonds. The second kappa shape index (κ2) is 8.10. The van der Waals surface area contributed by atoms with Gasteiger partial charge in [-0.3, -0.25) is 0 Å². The molecule has 1 nitrogen and oxygen atoms in total. The molecule has 0 fully saturated rings. The van der Waals surface area contributed by atoms with Crippen molar-refractivity contribution in [2.75, 3.05) is 6.61 Å². The van der Waals surface area contributed by atoms with Crippen LogP contribution in [-0.4, -0.2) is 6.61 Å². The molecule has 84 valence electrons. The number of aryl methyl sites for hydroxylation is 1. The normalized spacial score (nSPS) is 11.0. The Hall–Kier alpha value is -1.24. The topological polar surface area (TPSA) is 9.23 Å². The average molecular weight is 206 g/mol. The van der Waals surface area contributed by atoms with Crippen LogP contribution in [0.1, 0.15) is 38.8 Å². The minimum Gasteiger partial charge on any atom is -0.489 e. The Bertz CT molecular complexity index is 300. The number of rotatable bonds is 0. The highest BCUT2D eigenvalue weighted by molar-refractivity contribution is 5.61. The molecular formula is C14H22O. The molecule has 1 heteroatoms. The second-order valence-electron chi connectivity index (χ2n) is 2.71. The first-order valence-electron chi connectivity index (χ1n) is 5.77. The van der Waals surface area contributed by atoms with Gasteiger partial charge in [-0.1, -0.05) is 52.0 Å². The van der Waals surface area contributed by atoms with Gasteiger partial charge in [0, 0.05) is 5.56 Å². The van der Waals surface area contributed by atoms with Crippen molar-refractivity contribution in [1.82, 2.24) is 0 Å². The maximum absolute atomic E-state index is 5.47. The van der Waals surface area contributed by atoms with Crippen LogP contribution in [0.2, 0.25) is 0 Å². The van der Waals surface area contributed by atoms with Gasteiger partial charge in [0.1, 0.15) is 12.4 Å². The lowest BCUT2D eigenvalue weighted by molar-refractivity contribution is 0.356. The zero-order chi connectivity index (χ0) is 11.7. The molecular weight excluding hydrogens is 184 g/mol. The van der Waals surface area contributed by atoms with Crippen molar-refractivity contribution in [3.63, 3.8) is 0 Å². The molecule has 1 heterocycles. The molecule has 15 heavy (non-hydrogen) atoms. The summed E-state index contributed by atoms with van der Waals surface area (Å²) in [5.74, 6) is 1.04. The van der Waals surface area contributed by atoms with Crippen LogP contribution >= 0.6 is 0 Å². The van der Waals surface area contributed by atoms with Gasteiger partial charge in [-0.05, 0) is 18.6 Å². The number of benzene rings is 1. The van der Waals surface area contributed by atoms with Crippen molar-refractivity contribution in [2.45, 2.75) is 34.6 Å². The zero-order valence-electron chi connectivity index (χ0n) is 10.5. The predicted molar refractivity (Wildman–Crippen MR) is 68.4 cm³/mol. The number of fused-ring (bicyclic) bond motifs is 1. The molecule has 0 radical (unpaired) electrons. The van der Waals surface area contributed by atoms with Crippen molar-refractivity contribution in [2.24, 2.45) is 0 Å². The third-order valence-corrected chi connectivity index (χ3v) is 1.86. The third kappa shape index (κ3) is 3.78. The van der Waals surface area contributed by atoms with Crippen LogP contribution < -0.4 is 4.74 Å². The molecule has 1 aromatic carbocycles. The highest BCUT2D eigenvalue weighted by atomic mass is 16.5. The maximum Gasteiger partial charge on any atom is 0.129 e. The van der Waals surface area contributed by atoms with Crippen molar-refractivity contribution in [3.05, 3.63) is 35.4 Å². The van der Waals surface area contributed by atoms with Crippen LogP contribution in [0.15, 0.2) is 24.3 Å². The Morgan fingerprint density at radius 3 is 2.33 bits per heavy atom. The van der Waals surface area contributed by atoms with Crippen molar-refractivity contribution in [3.8, 4) is 5.75 Å². The van der Waals surface area contributed by atoms with Gasteiger partial charge in [-0.2, -0.15) is 0 Å². The summed E-state index contributed by atoms with van der Waals surface area (Å²) in [6.45, 7) is 10.8. The van der Waals surface area contributed by atoms with Gasteiger partial charge < -0.3 is 4.74 Å². The molecule has 0 saturated carbocycles. The Morgan fingerprint density at radius 2 is 1.73 bits per heavy atom. The lowest BCUT2D eigenvalue weighted by atomic mass is 10.1. The molecule has 0 saturated heterocycles. The Morgan fingerprint density at radius 1 is 1.07 bits per heavy atom. The van der Waals surface area contributed by atoms with E-state index in [-0.39, 0.29) is 0 Å². The smallest absolute Gasteiger partial charge is 0.129 e. The number of hydrogen-bond donors (Lipinski definition) is 0. The van der Waals surface area contributed by atoms with Crippen molar-refractivity contribution >= 4 is 6.08 Å². The van der Waals surface area contributed by atoms with Gasteiger partial charge in [0.25, 0.3) is 0 Å². The number of hydrogen-bond acceptors (Lipinski definition) is 1. The molecule has 0 N–H and O–H groups in total. The summed E-state index contributed by atoms with van der Waals surface area (Å²) < 4.78 is 5.47. The average Bonchev–Trinajstić information content (AvgIpc) is 2.35. The number of ether oxygens (including phenoxy) is 1. The molecule has 0 aliphatic carbocycles. The van der Waals surface area contributed by atoms with Crippen molar-refractivity contribution in [1.29, 1.82) is 0 Å². The fourth-order valence-corrected chi connectivity index (χ4v) is 1.31. The fraction of sp³-hybridized carbons (Fsp3) is 0.429. The van der Waals surface area contributed by atoms with E-state index in [4.69, 9.17) is 4.74 Å². The van der Waals surface area contributed by atoms with Gasteiger partial charge in [-0.15, -0.1) is 0 Å². The van der Waals surface area contributed by atoms with E-state index in [2.05, 4.69) is 25.1 Å². The quantitative estimate of drug-likeness (QED) is 0.609. The van der Waals surface area contributed by atoms with Crippen LogP contribution in [0.4, 0.5) is 0 Å². The first-order valence-corrected chi connectivity index (χ1v) is 5.77. The Kier molecular flexibility index (Phi) is 7.43. The molecule has 0 atom stereocenters. The van der Waals surface area contributed by atoms with Crippen LogP contribution in [0.5, 0.6) is 5.75 Å². The zero-order valence-corrected chi connectivity index (χ0v) is 10.5. The minimum atomic E-state index is 0.706. The predicted octanol–water partition coefficient (Wildman–Crippen LogP) is 4.45. The SMILES string of the molecule is CC.CC.Cc1cccc2c1OCC=C2. The van der Waals surface area contributed by atoms with E-state index < -0.39 is 0 Å². The van der Waals surface area contributed by atoms with E-state index >= 15 is 0 Å². The van der Waals surface area contributed by atoms with Gasteiger partial charge in [0.15, 0.2) is 0 Å². The highest BCUT2D eigenvalue weighted by Gasteiger charge is 2.06. The maximum atomic E-state index is 5.47. The van der Waals surface area contributed by atoms with E-state index in [1.165, 1.54) is 11.1 Å². The summed E-state index contributed by atoms with van der Waals surface area (Å²) in [4.78, 5) is 0. The van der Waals surface area contributed by atoms with Crippen LogP contribution in [0, 0.1) is 6.92 Å². The van der Waals surface area contributed by atoms with Crippen molar-refractivity contribution < 1.29 is 4.74 Å². The molecule has 0 aromatic heterocycles. The molecule has 0 bridgehead atoms. The standard InChI is InChI=1S/C10H10O.2C2H6/c1-8-4-2-5-9-6-3-7-11-10(8)9;2*1-2/h2-6H,7H2,1H3;2*1-2H3. The first-order chi connectivity index (χ1) is 7.38. The molecule has 2 rings (SSSR count). The van der Waals surface area contributed by atoms with Gasteiger partial charge >= 0.3 is 0 Å². The summed E-state index contributed by atoms with van der Waals surface area (Å²) in [6, 6.07) is 6.18. The second-order valence-corrected chi connectivity index (χ2v) is 2.71. The molecule has 0 unspecified atom stereocenters.